The van der Waals surface area contributed by atoms with Crippen LogP contribution in [0.1, 0.15) is 0 Å². The first kappa shape index (κ1) is 14.7. The second-order valence-corrected chi connectivity index (χ2v) is 6.02. The van der Waals surface area contributed by atoms with Gasteiger partial charge in [0.1, 0.15) is 0 Å². The molecule has 3 rings (SSSR count). The number of anilines is 1. The van der Waals surface area contributed by atoms with Crippen LogP contribution in [-0.4, -0.2) is 23.2 Å². The summed E-state index contributed by atoms with van der Waals surface area (Å²) in [7, 11) is 1.30. The number of nitrogens with zero attached hydrogens (tertiary/aromatic N) is 1. The highest BCUT2D eigenvalue weighted by Crippen LogP contribution is 2.31. The number of H-pyrrole nitrogens is 1. The van der Waals surface area contributed by atoms with E-state index >= 15 is 0 Å². The van der Waals surface area contributed by atoms with Gasteiger partial charge in [-0.15, -0.1) is 0 Å². The number of aromatic nitrogens is 2. The molecule has 0 aliphatic carbocycles. The zero-order valence-corrected chi connectivity index (χ0v) is 13.2. The van der Waals surface area contributed by atoms with Crippen molar-refractivity contribution < 1.29 is 9.53 Å². The van der Waals surface area contributed by atoms with Gasteiger partial charge in [-0.25, -0.2) is 9.78 Å². The fourth-order valence-corrected chi connectivity index (χ4v) is 3.10. The Morgan fingerprint density at radius 3 is 2.86 bits per heavy atom. The number of halogens is 1. The van der Waals surface area contributed by atoms with Gasteiger partial charge in [0.2, 0.25) is 5.95 Å². The van der Waals surface area contributed by atoms with E-state index in [9.17, 15) is 4.79 Å². The largest absolute Gasteiger partial charge is 0.453 e. The van der Waals surface area contributed by atoms with Gasteiger partial charge < -0.3 is 9.72 Å². The number of amides is 1. The van der Waals surface area contributed by atoms with Crippen molar-refractivity contribution in [2.75, 3.05) is 12.4 Å². The Morgan fingerprint density at radius 1 is 1.27 bits per heavy atom. The highest BCUT2D eigenvalue weighted by molar-refractivity contribution is 7.99. The average molecular weight is 334 g/mol. The van der Waals surface area contributed by atoms with E-state index in [2.05, 4.69) is 20.0 Å². The van der Waals surface area contributed by atoms with Crippen LogP contribution in [0.15, 0.2) is 52.3 Å². The van der Waals surface area contributed by atoms with E-state index in [4.69, 9.17) is 11.6 Å². The van der Waals surface area contributed by atoms with Crippen LogP contribution in [0.2, 0.25) is 5.02 Å². The quantitative estimate of drug-likeness (QED) is 0.738. The molecule has 1 aromatic heterocycles. The summed E-state index contributed by atoms with van der Waals surface area (Å²) in [4.78, 5) is 20.6. The van der Waals surface area contributed by atoms with E-state index in [1.54, 1.807) is 11.8 Å². The summed E-state index contributed by atoms with van der Waals surface area (Å²) in [6, 6.07) is 13.5. The van der Waals surface area contributed by atoms with Crippen LogP contribution in [0.5, 0.6) is 0 Å². The molecule has 2 aromatic carbocycles. The maximum absolute atomic E-state index is 11.2. The smallest absolute Gasteiger partial charge is 0.413 e. The summed E-state index contributed by atoms with van der Waals surface area (Å²) in [5, 5.41) is 3.21. The van der Waals surface area contributed by atoms with Crippen LogP contribution in [-0.2, 0) is 4.74 Å². The van der Waals surface area contributed by atoms with Crippen LogP contribution < -0.4 is 5.32 Å². The summed E-state index contributed by atoms with van der Waals surface area (Å²) in [6.07, 6.45) is -0.562. The highest BCUT2D eigenvalue weighted by Gasteiger charge is 2.07. The molecule has 1 heterocycles. The third-order valence-electron chi connectivity index (χ3n) is 2.89. The number of ether oxygens (including phenoxy) is 1. The normalized spacial score (nSPS) is 10.6. The van der Waals surface area contributed by atoms with Gasteiger partial charge in [-0.1, -0.05) is 29.4 Å². The van der Waals surface area contributed by atoms with Crippen LogP contribution in [0, 0.1) is 0 Å². The molecule has 0 fully saturated rings. The monoisotopic (exact) mass is 333 g/mol. The van der Waals surface area contributed by atoms with E-state index in [1.807, 2.05) is 42.5 Å². The predicted molar refractivity (Wildman–Crippen MR) is 87.7 cm³/mol. The second kappa shape index (κ2) is 6.29. The predicted octanol–water partition coefficient (Wildman–Crippen LogP) is 4.55. The lowest BCUT2D eigenvalue weighted by Crippen LogP contribution is -2.11. The maximum Gasteiger partial charge on any atom is 0.413 e. The molecule has 1 amide bonds. The molecule has 0 atom stereocenters. The van der Waals surface area contributed by atoms with Crippen molar-refractivity contribution in [2.45, 2.75) is 9.79 Å². The Kier molecular flexibility index (Phi) is 4.22. The molecule has 3 aromatic rings. The Bertz CT molecular complexity index is 835. The first-order valence-electron chi connectivity index (χ1n) is 6.42. The number of carbonyl (C=O) groups excluding carboxylic acids is 1. The highest BCUT2D eigenvalue weighted by atomic mass is 35.5. The Hall–Kier alpha value is -2.18. The average Bonchev–Trinajstić information content (AvgIpc) is 2.88. The lowest BCUT2D eigenvalue weighted by molar-refractivity contribution is 0.186. The van der Waals surface area contributed by atoms with Crippen molar-refractivity contribution in [2.24, 2.45) is 0 Å². The number of methoxy groups -OCH3 is 1. The minimum atomic E-state index is -0.562. The lowest BCUT2D eigenvalue weighted by atomic mass is 10.3. The summed E-state index contributed by atoms with van der Waals surface area (Å²) in [5.74, 6) is 0.353. The number of rotatable bonds is 3. The molecule has 0 saturated heterocycles. The fourth-order valence-electron chi connectivity index (χ4n) is 1.93. The van der Waals surface area contributed by atoms with Crippen molar-refractivity contribution in [1.29, 1.82) is 0 Å². The van der Waals surface area contributed by atoms with Gasteiger partial charge in [-0.2, -0.15) is 0 Å². The van der Waals surface area contributed by atoms with Gasteiger partial charge >= 0.3 is 6.09 Å². The summed E-state index contributed by atoms with van der Waals surface area (Å²) < 4.78 is 4.54. The molecular weight excluding hydrogens is 322 g/mol. The van der Waals surface area contributed by atoms with Gasteiger partial charge in [0, 0.05) is 14.8 Å². The van der Waals surface area contributed by atoms with E-state index in [-0.39, 0.29) is 0 Å². The van der Waals surface area contributed by atoms with Crippen LogP contribution in [0.25, 0.3) is 11.0 Å². The topological polar surface area (TPSA) is 67.0 Å². The SMILES string of the molecule is COC(=O)Nc1nc2ccc(Sc3cccc(Cl)c3)cc2[nH]1. The Morgan fingerprint density at radius 2 is 2.09 bits per heavy atom. The zero-order valence-electron chi connectivity index (χ0n) is 11.6. The van der Waals surface area contributed by atoms with Gasteiger partial charge in [-0.05, 0) is 36.4 Å². The summed E-state index contributed by atoms with van der Waals surface area (Å²) in [5.41, 5.74) is 1.60. The number of carbonyl (C=O) groups is 1. The molecular formula is C15H12ClN3O2S. The van der Waals surface area contributed by atoms with Crippen molar-refractivity contribution in [3.63, 3.8) is 0 Å². The van der Waals surface area contributed by atoms with Crippen molar-refractivity contribution in [3.05, 3.63) is 47.5 Å². The Balaban J connectivity index is 1.84. The van der Waals surface area contributed by atoms with Gasteiger partial charge in [0.15, 0.2) is 0 Å². The molecule has 0 radical (unpaired) electrons. The molecule has 112 valence electrons. The molecule has 0 aliphatic rings. The van der Waals surface area contributed by atoms with Gasteiger partial charge in [0.25, 0.3) is 0 Å². The molecule has 22 heavy (non-hydrogen) atoms. The minimum absolute atomic E-state index is 0.353. The third kappa shape index (κ3) is 3.35. The number of hydrogen-bond donors (Lipinski definition) is 2. The number of benzene rings is 2. The standard InChI is InChI=1S/C15H12ClN3O2S/c1-21-15(20)19-14-17-12-6-5-11(8-13(12)18-14)22-10-4-2-3-9(16)7-10/h2-8H,1H3,(H2,17,18,19,20). The Labute approximate surface area is 136 Å². The summed E-state index contributed by atoms with van der Waals surface area (Å²) in [6.45, 7) is 0. The first-order chi connectivity index (χ1) is 10.6. The molecule has 0 bridgehead atoms. The van der Waals surface area contributed by atoms with Crippen molar-refractivity contribution >= 4 is 46.4 Å². The number of nitrogens with one attached hydrogen (secondary N) is 2. The van der Waals surface area contributed by atoms with E-state index in [1.165, 1.54) is 7.11 Å². The molecule has 5 nitrogen and oxygen atoms in total. The van der Waals surface area contributed by atoms with E-state index in [0.717, 1.165) is 20.8 Å². The van der Waals surface area contributed by atoms with Crippen LogP contribution in [0.3, 0.4) is 0 Å². The van der Waals surface area contributed by atoms with Crippen LogP contribution in [0.4, 0.5) is 10.7 Å². The lowest BCUT2D eigenvalue weighted by Gasteiger charge is -2.02. The van der Waals surface area contributed by atoms with Crippen molar-refractivity contribution in [1.82, 2.24) is 9.97 Å². The van der Waals surface area contributed by atoms with Gasteiger partial charge in [0.05, 0.1) is 18.1 Å². The van der Waals surface area contributed by atoms with Gasteiger partial charge in [-0.3, -0.25) is 5.32 Å². The fraction of sp³-hybridized carbons (Fsp3) is 0.0667. The maximum atomic E-state index is 11.2. The molecule has 0 saturated carbocycles. The first-order valence-corrected chi connectivity index (χ1v) is 7.61. The van der Waals surface area contributed by atoms with E-state index in [0.29, 0.717) is 11.0 Å². The number of imidazole rings is 1. The third-order valence-corrected chi connectivity index (χ3v) is 4.11. The number of aromatic amines is 1. The molecule has 2 N–H and O–H groups in total. The van der Waals surface area contributed by atoms with Crippen LogP contribution >= 0.6 is 23.4 Å². The molecule has 0 aliphatic heterocycles. The second-order valence-electron chi connectivity index (χ2n) is 4.44. The molecule has 7 heteroatoms. The minimum Gasteiger partial charge on any atom is -0.453 e. The number of hydrogen-bond acceptors (Lipinski definition) is 4. The molecule has 0 unspecified atom stereocenters. The molecule has 0 spiro atoms. The zero-order chi connectivity index (χ0) is 15.5. The van der Waals surface area contributed by atoms with E-state index < -0.39 is 6.09 Å². The van der Waals surface area contributed by atoms with Crippen molar-refractivity contribution in [3.8, 4) is 0 Å². The summed E-state index contributed by atoms with van der Waals surface area (Å²) >= 11 is 7.59. The number of fused-ring (bicyclic) bond motifs is 1.